The summed E-state index contributed by atoms with van der Waals surface area (Å²) in [4.78, 5) is 5.42. The number of rotatable bonds is 2. The first kappa shape index (κ1) is 13.9. The monoisotopic (exact) mass is 297 g/mol. The van der Waals surface area contributed by atoms with Gasteiger partial charge in [-0.3, -0.25) is 4.57 Å². The van der Waals surface area contributed by atoms with E-state index in [2.05, 4.69) is 78.8 Å². The number of imidazole rings is 1. The average Bonchev–Trinajstić information content (AvgIpc) is 2.74. The van der Waals surface area contributed by atoms with Gasteiger partial charge in [0.15, 0.2) is 4.77 Å². The van der Waals surface area contributed by atoms with Gasteiger partial charge in [-0.2, -0.15) is 0 Å². The molecule has 2 aromatic carbocycles. The molecule has 3 rings (SSSR count). The van der Waals surface area contributed by atoms with Crippen LogP contribution in [0.2, 0.25) is 0 Å². The minimum Gasteiger partial charge on any atom is -0.377 e. The van der Waals surface area contributed by atoms with Gasteiger partial charge in [0.1, 0.15) is 0 Å². The zero-order chi connectivity index (χ0) is 15.1. The number of hydrogen-bond donors (Lipinski definition) is 1. The molecule has 0 amide bonds. The number of aryl methyl sites for hydroxylation is 2. The van der Waals surface area contributed by atoms with Crippen LogP contribution < -0.4 is 4.90 Å². The van der Waals surface area contributed by atoms with Gasteiger partial charge >= 0.3 is 0 Å². The van der Waals surface area contributed by atoms with E-state index in [0.717, 1.165) is 21.5 Å². The van der Waals surface area contributed by atoms with Crippen LogP contribution in [0.15, 0.2) is 36.4 Å². The molecule has 1 aromatic heterocycles. The Morgan fingerprint density at radius 2 is 1.81 bits per heavy atom. The minimum absolute atomic E-state index is 0.726. The van der Waals surface area contributed by atoms with Gasteiger partial charge in [0.2, 0.25) is 0 Å². The molecule has 1 N–H and O–H groups in total. The first-order valence-electron chi connectivity index (χ1n) is 6.97. The van der Waals surface area contributed by atoms with Crippen molar-refractivity contribution < 1.29 is 0 Å². The number of aromatic nitrogens is 2. The van der Waals surface area contributed by atoms with Crippen LogP contribution in [0, 0.1) is 18.6 Å². The summed E-state index contributed by atoms with van der Waals surface area (Å²) in [6, 6.07) is 12.8. The molecule has 0 saturated heterocycles. The number of aromatic amines is 1. The van der Waals surface area contributed by atoms with Crippen LogP contribution in [0.4, 0.5) is 5.69 Å². The summed E-state index contributed by atoms with van der Waals surface area (Å²) in [5.41, 5.74) is 6.96. The van der Waals surface area contributed by atoms with Gasteiger partial charge in [-0.25, -0.2) is 0 Å². The third-order valence-corrected chi connectivity index (χ3v) is 4.06. The van der Waals surface area contributed by atoms with Crippen molar-refractivity contribution in [2.45, 2.75) is 13.8 Å². The molecule has 21 heavy (non-hydrogen) atoms. The highest BCUT2D eigenvalue weighted by Crippen LogP contribution is 2.25. The maximum absolute atomic E-state index is 5.51. The highest BCUT2D eigenvalue weighted by Gasteiger charge is 2.09. The molecule has 0 saturated carbocycles. The van der Waals surface area contributed by atoms with Crippen molar-refractivity contribution in [2.75, 3.05) is 19.0 Å². The number of anilines is 1. The maximum atomic E-state index is 5.51. The van der Waals surface area contributed by atoms with Crippen LogP contribution >= 0.6 is 12.2 Å². The van der Waals surface area contributed by atoms with E-state index in [0.29, 0.717) is 0 Å². The summed E-state index contributed by atoms with van der Waals surface area (Å²) >= 11 is 5.51. The Bertz CT molecular complexity index is 871. The van der Waals surface area contributed by atoms with Gasteiger partial charge in [-0.1, -0.05) is 12.1 Å². The molecule has 0 bridgehead atoms. The Labute approximate surface area is 129 Å². The summed E-state index contributed by atoms with van der Waals surface area (Å²) in [7, 11) is 4.12. The lowest BCUT2D eigenvalue weighted by Crippen LogP contribution is -2.11. The van der Waals surface area contributed by atoms with Crippen molar-refractivity contribution >= 4 is 28.9 Å². The Morgan fingerprint density at radius 3 is 2.52 bits per heavy atom. The molecule has 1 heterocycles. The molecule has 108 valence electrons. The van der Waals surface area contributed by atoms with Gasteiger partial charge in [0.05, 0.1) is 16.7 Å². The summed E-state index contributed by atoms with van der Waals surface area (Å²) in [5, 5.41) is 0. The fourth-order valence-electron chi connectivity index (χ4n) is 2.70. The normalized spacial score (nSPS) is 11.0. The van der Waals surface area contributed by atoms with E-state index in [9.17, 15) is 0 Å². The number of hydrogen-bond acceptors (Lipinski definition) is 2. The number of nitrogens with zero attached hydrogens (tertiary/aromatic N) is 2. The van der Waals surface area contributed by atoms with Crippen LogP contribution in [0.5, 0.6) is 0 Å². The summed E-state index contributed by atoms with van der Waals surface area (Å²) in [5.74, 6) is 0. The van der Waals surface area contributed by atoms with Gasteiger partial charge in [0, 0.05) is 19.8 Å². The first-order chi connectivity index (χ1) is 9.97. The van der Waals surface area contributed by atoms with E-state index in [1.54, 1.807) is 0 Å². The molecule has 0 fully saturated rings. The second kappa shape index (κ2) is 5.04. The molecule has 0 atom stereocenters. The molecule has 0 spiro atoms. The largest absolute Gasteiger partial charge is 0.377 e. The van der Waals surface area contributed by atoms with E-state index >= 15 is 0 Å². The number of H-pyrrole nitrogens is 1. The van der Waals surface area contributed by atoms with E-state index in [1.807, 2.05) is 0 Å². The van der Waals surface area contributed by atoms with Crippen molar-refractivity contribution in [3.63, 3.8) is 0 Å². The Kier molecular flexibility index (Phi) is 3.33. The first-order valence-corrected chi connectivity index (χ1v) is 7.38. The fraction of sp³-hybridized carbons (Fsp3) is 0.235. The zero-order valence-corrected chi connectivity index (χ0v) is 13.6. The lowest BCUT2D eigenvalue weighted by molar-refractivity contribution is 1.05. The smallest absolute Gasteiger partial charge is 0.182 e. The van der Waals surface area contributed by atoms with Crippen molar-refractivity contribution in [3.05, 3.63) is 52.3 Å². The van der Waals surface area contributed by atoms with Gasteiger partial charge in [-0.15, -0.1) is 0 Å². The standard InChI is InChI=1S/C17H19N3S/c1-11-5-8-15-14(9-11)18-17(21)20(15)13-7-6-12(2)16(10-13)19(3)4/h5-10H,1-4H3,(H,18,21). The van der Waals surface area contributed by atoms with Crippen LogP contribution in [0.1, 0.15) is 11.1 Å². The molecule has 0 aliphatic rings. The van der Waals surface area contributed by atoms with Crippen molar-refractivity contribution in [1.29, 1.82) is 0 Å². The SMILES string of the molecule is Cc1ccc2c(c1)[nH]c(=S)n2-c1ccc(C)c(N(C)C)c1. The Balaban J connectivity index is 2.28. The molecule has 3 nitrogen and oxygen atoms in total. The molecule has 3 aromatic rings. The lowest BCUT2D eigenvalue weighted by Gasteiger charge is -2.17. The third kappa shape index (κ3) is 2.36. The van der Waals surface area contributed by atoms with Crippen molar-refractivity contribution in [1.82, 2.24) is 9.55 Å². The number of benzene rings is 2. The van der Waals surface area contributed by atoms with Crippen molar-refractivity contribution in [3.8, 4) is 5.69 Å². The minimum atomic E-state index is 0.726. The van der Waals surface area contributed by atoms with Gasteiger partial charge < -0.3 is 9.88 Å². The second-order valence-electron chi connectivity index (χ2n) is 5.65. The quantitative estimate of drug-likeness (QED) is 0.710. The summed E-state index contributed by atoms with van der Waals surface area (Å²) in [6.07, 6.45) is 0. The molecule has 0 unspecified atom stereocenters. The van der Waals surface area contributed by atoms with Crippen molar-refractivity contribution in [2.24, 2.45) is 0 Å². The molecular weight excluding hydrogens is 278 g/mol. The van der Waals surface area contributed by atoms with Crippen LogP contribution in [-0.4, -0.2) is 23.6 Å². The maximum Gasteiger partial charge on any atom is 0.182 e. The topological polar surface area (TPSA) is 24.0 Å². The van der Waals surface area contributed by atoms with Crippen LogP contribution in [0.25, 0.3) is 16.7 Å². The summed E-state index contributed by atoms with van der Waals surface area (Å²) in [6.45, 7) is 4.21. The number of nitrogens with one attached hydrogen (secondary N) is 1. The zero-order valence-electron chi connectivity index (χ0n) is 12.8. The predicted molar refractivity (Wildman–Crippen MR) is 92.3 cm³/mol. The van der Waals surface area contributed by atoms with E-state index in [1.165, 1.54) is 16.8 Å². The number of fused-ring (bicyclic) bond motifs is 1. The summed E-state index contributed by atoms with van der Waals surface area (Å²) < 4.78 is 2.82. The second-order valence-corrected chi connectivity index (χ2v) is 6.04. The Hall–Kier alpha value is -2.07. The van der Waals surface area contributed by atoms with E-state index < -0.39 is 0 Å². The van der Waals surface area contributed by atoms with E-state index in [4.69, 9.17) is 12.2 Å². The van der Waals surface area contributed by atoms with Crippen LogP contribution in [-0.2, 0) is 0 Å². The Morgan fingerprint density at radius 1 is 1.05 bits per heavy atom. The molecule has 0 aliphatic carbocycles. The van der Waals surface area contributed by atoms with E-state index in [-0.39, 0.29) is 0 Å². The molecule has 0 aliphatic heterocycles. The molecular formula is C17H19N3S. The third-order valence-electron chi connectivity index (χ3n) is 3.77. The molecule has 0 radical (unpaired) electrons. The van der Waals surface area contributed by atoms with Gasteiger partial charge in [-0.05, 0) is 61.5 Å². The van der Waals surface area contributed by atoms with Crippen LogP contribution in [0.3, 0.4) is 0 Å². The highest BCUT2D eigenvalue weighted by molar-refractivity contribution is 7.71. The highest BCUT2D eigenvalue weighted by atomic mass is 32.1. The van der Waals surface area contributed by atoms with Gasteiger partial charge in [0.25, 0.3) is 0 Å². The predicted octanol–water partition coefficient (Wildman–Crippen LogP) is 4.37. The molecule has 4 heteroatoms. The lowest BCUT2D eigenvalue weighted by atomic mass is 10.1. The average molecular weight is 297 g/mol. The fourth-order valence-corrected chi connectivity index (χ4v) is 3.01.